The quantitative estimate of drug-likeness (QED) is 0.757. The molecule has 2 heterocycles. The number of hydrogen-bond donors (Lipinski definition) is 1. The van der Waals surface area contributed by atoms with Crippen LogP contribution in [0, 0.1) is 23.1 Å². The first kappa shape index (κ1) is 21.5. The lowest BCUT2D eigenvalue weighted by Gasteiger charge is -2.35. The van der Waals surface area contributed by atoms with E-state index in [0.29, 0.717) is 21.9 Å². The van der Waals surface area contributed by atoms with Gasteiger partial charge in [-0.05, 0) is 63.3 Å². The molecule has 2 aromatic rings. The number of amidine groups is 1. The molecule has 31 heavy (non-hydrogen) atoms. The van der Waals surface area contributed by atoms with E-state index in [-0.39, 0.29) is 22.2 Å². The smallest absolute Gasteiger partial charge is 0.155 e. The van der Waals surface area contributed by atoms with Gasteiger partial charge in [-0.3, -0.25) is 9.98 Å². The van der Waals surface area contributed by atoms with Gasteiger partial charge in [0.15, 0.2) is 5.17 Å². The molecule has 0 amide bonds. The molecule has 2 aliphatic rings. The lowest BCUT2D eigenvalue weighted by Crippen LogP contribution is -2.40. The summed E-state index contributed by atoms with van der Waals surface area (Å²) in [6, 6.07) is 9.40. The molecule has 3 atom stereocenters. The number of halogens is 2. The van der Waals surface area contributed by atoms with Gasteiger partial charge in [-0.15, -0.1) is 0 Å². The van der Waals surface area contributed by atoms with E-state index in [1.54, 1.807) is 17.8 Å². The van der Waals surface area contributed by atoms with Gasteiger partial charge in [-0.2, -0.15) is 5.26 Å². The number of fused-ring (bicyclic) bond motifs is 1. The molecule has 2 N–H and O–H groups in total. The molecular weight excluding hydrogens is 416 g/mol. The van der Waals surface area contributed by atoms with Crippen molar-refractivity contribution in [1.29, 1.82) is 5.26 Å². The fraction of sp³-hybridized carbons (Fsp3) is 0.348. The predicted octanol–water partition coefficient (Wildman–Crippen LogP) is 4.16. The Balaban J connectivity index is 1.70. The molecule has 1 aliphatic carbocycles. The SMILES string of the molecule is CN(C)C[C@]12C[C@H]1[C@@](C)(c1cc(/C=C(\F)c3ccc(C#N)cn3)ccc1F)N=C(N)S2. The number of nitrogens with zero attached hydrogens (tertiary/aromatic N) is 4. The van der Waals surface area contributed by atoms with E-state index in [4.69, 9.17) is 11.0 Å². The van der Waals surface area contributed by atoms with Crippen molar-refractivity contribution in [2.75, 3.05) is 20.6 Å². The Hall–Kier alpha value is -2.76. The van der Waals surface area contributed by atoms with Gasteiger partial charge in [0.05, 0.1) is 16.8 Å². The van der Waals surface area contributed by atoms with Gasteiger partial charge >= 0.3 is 0 Å². The van der Waals surface area contributed by atoms with E-state index < -0.39 is 11.4 Å². The summed E-state index contributed by atoms with van der Waals surface area (Å²) < 4.78 is 29.6. The van der Waals surface area contributed by atoms with E-state index in [9.17, 15) is 8.78 Å². The van der Waals surface area contributed by atoms with Crippen molar-refractivity contribution in [2.24, 2.45) is 16.6 Å². The van der Waals surface area contributed by atoms with Crippen molar-refractivity contribution in [1.82, 2.24) is 9.88 Å². The Morgan fingerprint density at radius 1 is 1.39 bits per heavy atom. The first-order chi connectivity index (χ1) is 14.7. The van der Waals surface area contributed by atoms with Crippen LogP contribution in [0.5, 0.6) is 0 Å². The number of nitriles is 1. The second kappa shape index (κ2) is 7.74. The molecule has 0 bridgehead atoms. The molecule has 5 nitrogen and oxygen atoms in total. The molecule has 1 aromatic carbocycles. The van der Waals surface area contributed by atoms with Crippen LogP contribution in [-0.2, 0) is 5.54 Å². The summed E-state index contributed by atoms with van der Waals surface area (Å²) in [5.74, 6) is -0.813. The first-order valence-electron chi connectivity index (χ1n) is 9.90. The highest BCUT2D eigenvalue weighted by Crippen LogP contribution is 2.66. The van der Waals surface area contributed by atoms with E-state index in [2.05, 4.69) is 14.9 Å². The Kier molecular flexibility index (Phi) is 5.36. The average Bonchev–Trinajstić information content (AvgIpc) is 3.43. The van der Waals surface area contributed by atoms with Gasteiger partial charge in [0, 0.05) is 29.0 Å². The Bertz CT molecular complexity index is 1120. The minimum Gasteiger partial charge on any atom is -0.378 e. The number of aliphatic imine (C=N–C) groups is 1. The molecule has 1 fully saturated rings. The van der Waals surface area contributed by atoms with Crippen molar-refractivity contribution < 1.29 is 8.78 Å². The highest BCUT2D eigenvalue weighted by molar-refractivity contribution is 8.15. The fourth-order valence-electron chi connectivity index (χ4n) is 4.48. The Morgan fingerprint density at radius 2 is 2.16 bits per heavy atom. The standard InChI is InChI=1S/C23H23F2N5S/c1-22(20-10-23(20,13-30(2)3)31-21(27)29-22)16-8-14(4-6-17(16)24)9-18(25)19-7-5-15(11-26)12-28-19/h4-9,12,20H,10,13H2,1-3H3,(H2,27,29)/b18-9-/t20-,22+,23+/m0/s1. The van der Waals surface area contributed by atoms with Gasteiger partial charge in [0.2, 0.25) is 0 Å². The van der Waals surface area contributed by atoms with Crippen LogP contribution in [0.3, 0.4) is 0 Å². The monoisotopic (exact) mass is 439 g/mol. The Morgan fingerprint density at radius 3 is 2.81 bits per heavy atom. The second-order valence-corrected chi connectivity index (χ2v) is 9.97. The van der Waals surface area contributed by atoms with Crippen molar-refractivity contribution in [3.05, 3.63) is 64.7 Å². The van der Waals surface area contributed by atoms with Gasteiger partial charge < -0.3 is 10.6 Å². The predicted molar refractivity (Wildman–Crippen MR) is 120 cm³/mol. The van der Waals surface area contributed by atoms with Crippen molar-refractivity contribution in [3.63, 3.8) is 0 Å². The third kappa shape index (κ3) is 3.95. The maximum absolute atomic E-state index is 15.0. The molecule has 0 saturated heterocycles. The number of pyridine rings is 1. The summed E-state index contributed by atoms with van der Waals surface area (Å²) in [6.07, 6.45) is 3.51. The minimum absolute atomic E-state index is 0.0833. The molecule has 1 aliphatic heterocycles. The molecule has 1 aromatic heterocycles. The van der Waals surface area contributed by atoms with Crippen LogP contribution in [0.25, 0.3) is 11.9 Å². The van der Waals surface area contributed by atoms with Gasteiger partial charge in [-0.25, -0.2) is 8.78 Å². The molecular formula is C23H23F2N5S. The van der Waals surface area contributed by atoms with Gasteiger partial charge in [0.1, 0.15) is 17.7 Å². The molecule has 1 saturated carbocycles. The summed E-state index contributed by atoms with van der Waals surface area (Å²) in [4.78, 5) is 10.7. The summed E-state index contributed by atoms with van der Waals surface area (Å²) >= 11 is 1.57. The zero-order chi connectivity index (χ0) is 22.4. The summed E-state index contributed by atoms with van der Waals surface area (Å²) in [5, 5.41) is 9.31. The molecule has 4 rings (SSSR count). The maximum Gasteiger partial charge on any atom is 0.155 e. The van der Waals surface area contributed by atoms with Crippen LogP contribution in [0.4, 0.5) is 8.78 Å². The zero-order valence-electron chi connectivity index (χ0n) is 17.6. The summed E-state index contributed by atoms with van der Waals surface area (Å²) in [5.41, 5.74) is 6.73. The number of aromatic nitrogens is 1. The second-order valence-electron chi connectivity index (χ2n) is 8.53. The lowest BCUT2D eigenvalue weighted by molar-refractivity contribution is 0.345. The molecule has 160 valence electrons. The number of nitrogens with two attached hydrogens (primary N) is 1. The highest BCUT2D eigenvalue weighted by Gasteiger charge is 2.66. The number of rotatable bonds is 5. The maximum atomic E-state index is 15.0. The first-order valence-corrected chi connectivity index (χ1v) is 10.7. The average molecular weight is 440 g/mol. The largest absolute Gasteiger partial charge is 0.378 e. The number of benzene rings is 1. The topological polar surface area (TPSA) is 78.3 Å². The Labute approximate surface area is 184 Å². The van der Waals surface area contributed by atoms with Crippen LogP contribution >= 0.6 is 11.8 Å². The van der Waals surface area contributed by atoms with Crippen LogP contribution < -0.4 is 5.73 Å². The van der Waals surface area contributed by atoms with E-state index >= 15 is 0 Å². The van der Waals surface area contributed by atoms with Gasteiger partial charge in [0.25, 0.3) is 0 Å². The van der Waals surface area contributed by atoms with Crippen LogP contribution in [0.1, 0.15) is 35.7 Å². The number of thioether (sulfide) groups is 1. The molecule has 0 radical (unpaired) electrons. The van der Waals surface area contributed by atoms with Crippen molar-refractivity contribution in [2.45, 2.75) is 23.6 Å². The van der Waals surface area contributed by atoms with E-state index in [1.807, 2.05) is 27.1 Å². The number of hydrogen-bond acceptors (Lipinski definition) is 6. The summed E-state index contributed by atoms with van der Waals surface area (Å²) in [7, 11) is 4.02. The minimum atomic E-state index is -0.817. The van der Waals surface area contributed by atoms with Gasteiger partial charge in [-0.1, -0.05) is 17.8 Å². The van der Waals surface area contributed by atoms with Crippen LogP contribution in [0.15, 0.2) is 41.5 Å². The third-order valence-electron chi connectivity index (χ3n) is 5.90. The normalized spacial score (nSPS) is 27.5. The van der Waals surface area contributed by atoms with E-state index in [1.165, 1.54) is 36.5 Å². The van der Waals surface area contributed by atoms with Crippen LogP contribution in [0.2, 0.25) is 0 Å². The van der Waals surface area contributed by atoms with Crippen LogP contribution in [-0.4, -0.2) is 40.4 Å². The van der Waals surface area contributed by atoms with E-state index in [0.717, 1.165) is 13.0 Å². The summed E-state index contributed by atoms with van der Waals surface area (Å²) in [6.45, 7) is 2.74. The van der Waals surface area contributed by atoms with Crippen molar-refractivity contribution >= 4 is 28.8 Å². The third-order valence-corrected chi connectivity index (χ3v) is 7.19. The van der Waals surface area contributed by atoms with Crippen molar-refractivity contribution in [3.8, 4) is 6.07 Å². The molecule has 8 heteroatoms. The molecule has 0 spiro atoms. The fourth-order valence-corrected chi connectivity index (χ4v) is 6.08. The highest BCUT2D eigenvalue weighted by atomic mass is 32.2. The molecule has 0 unspecified atom stereocenters. The zero-order valence-corrected chi connectivity index (χ0v) is 18.4. The lowest BCUT2D eigenvalue weighted by atomic mass is 9.84.